The van der Waals surface area contributed by atoms with Gasteiger partial charge in [0.15, 0.2) is 0 Å². The zero-order valence-corrected chi connectivity index (χ0v) is 16.1. The number of nitrogens with zero attached hydrogens (tertiary/aromatic N) is 1. The van der Waals surface area contributed by atoms with E-state index < -0.39 is 15.8 Å². The molecule has 8 heteroatoms. The maximum absolute atomic E-state index is 14.0. The summed E-state index contributed by atoms with van der Waals surface area (Å²) in [6.45, 7) is 5.88. The van der Waals surface area contributed by atoms with E-state index in [0.29, 0.717) is 38.2 Å². The molecule has 1 fully saturated rings. The van der Waals surface area contributed by atoms with Crippen molar-refractivity contribution in [3.05, 3.63) is 29.6 Å². The highest BCUT2D eigenvalue weighted by atomic mass is 32.2. The SMILES string of the molecule is CCOCCCNC(=O)C1CCN(S(=O)(=O)c2cc(C)ccc2F)CC1. The standard InChI is InChI=1S/C18H27FN2O4S/c1-3-25-12-4-9-20-18(22)15-7-10-21(11-8-15)26(23,24)17-13-14(2)5-6-16(17)19/h5-6,13,15H,3-4,7-12H2,1-2H3,(H,20,22). The Hall–Kier alpha value is -1.51. The maximum Gasteiger partial charge on any atom is 0.245 e. The largest absolute Gasteiger partial charge is 0.382 e. The lowest BCUT2D eigenvalue weighted by molar-refractivity contribution is -0.126. The van der Waals surface area contributed by atoms with E-state index in [1.165, 1.54) is 22.5 Å². The number of rotatable bonds is 8. The Labute approximate surface area is 154 Å². The molecule has 0 unspecified atom stereocenters. The zero-order chi connectivity index (χ0) is 19.2. The summed E-state index contributed by atoms with van der Waals surface area (Å²) in [5.74, 6) is -1.01. The molecule has 1 aromatic rings. The number of amides is 1. The van der Waals surface area contributed by atoms with E-state index in [0.717, 1.165) is 6.42 Å². The Morgan fingerprint density at radius 2 is 2.04 bits per heavy atom. The fourth-order valence-electron chi connectivity index (χ4n) is 2.98. The Kier molecular flexibility index (Phi) is 7.55. The van der Waals surface area contributed by atoms with Gasteiger partial charge in [-0.2, -0.15) is 4.31 Å². The van der Waals surface area contributed by atoms with E-state index >= 15 is 0 Å². The molecule has 0 aromatic heterocycles. The van der Waals surface area contributed by atoms with Crippen molar-refractivity contribution in [1.82, 2.24) is 9.62 Å². The number of carbonyl (C=O) groups excluding carboxylic acids is 1. The van der Waals surface area contributed by atoms with E-state index in [-0.39, 0.29) is 29.8 Å². The molecule has 6 nitrogen and oxygen atoms in total. The van der Waals surface area contributed by atoms with Crippen molar-refractivity contribution in [2.75, 3.05) is 32.8 Å². The van der Waals surface area contributed by atoms with Gasteiger partial charge < -0.3 is 10.1 Å². The minimum Gasteiger partial charge on any atom is -0.382 e. The first-order valence-corrected chi connectivity index (χ1v) is 10.4. The Morgan fingerprint density at radius 3 is 2.69 bits per heavy atom. The van der Waals surface area contributed by atoms with Gasteiger partial charge in [0.1, 0.15) is 10.7 Å². The van der Waals surface area contributed by atoms with Crippen LogP contribution in [-0.2, 0) is 19.6 Å². The predicted octanol–water partition coefficient (Wildman–Crippen LogP) is 2.08. The summed E-state index contributed by atoms with van der Waals surface area (Å²) in [4.78, 5) is 11.9. The normalized spacial score (nSPS) is 16.6. The van der Waals surface area contributed by atoms with Crippen LogP contribution in [-0.4, -0.2) is 51.5 Å². The van der Waals surface area contributed by atoms with Gasteiger partial charge >= 0.3 is 0 Å². The van der Waals surface area contributed by atoms with Crippen LogP contribution in [0.25, 0.3) is 0 Å². The first-order valence-electron chi connectivity index (χ1n) is 8.98. The fourth-order valence-corrected chi connectivity index (χ4v) is 4.60. The van der Waals surface area contributed by atoms with Crippen molar-refractivity contribution in [1.29, 1.82) is 0 Å². The number of aryl methyl sites for hydroxylation is 1. The minimum absolute atomic E-state index is 0.0553. The Morgan fingerprint density at radius 1 is 1.35 bits per heavy atom. The lowest BCUT2D eigenvalue weighted by atomic mass is 9.97. The van der Waals surface area contributed by atoms with Crippen LogP contribution < -0.4 is 5.32 Å². The van der Waals surface area contributed by atoms with Crippen molar-refractivity contribution in [2.24, 2.45) is 5.92 Å². The average molecular weight is 386 g/mol. The van der Waals surface area contributed by atoms with E-state index in [9.17, 15) is 17.6 Å². The first kappa shape index (κ1) is 20.8. The second kappa shape index (κ2) is 9.43. The lowest BCUT2D eigenvalue weighted by Crippen LogP contribution is -2.43. The summed E-state index contributed by atoms with van der Waals surface area (Å²) in [5.41, 5.74) is 0.686. The number of carbonyl (C=O) groups is 1. The third kappa shape index (κ3) is 5.25. The average Bonchev–Trinajstić information content (AvgIpc) is 2.63. The monoisotopic (exact) mass is 386 g/mol. The summed E-state index contributed by atoms with van der Waals surface area (Å²) >= 11 is 0. The third-order valence-electron chi connectivity index (χ3n) is 4.50. The van der Waals surface area contributed by atoms with Gasteiger partial charge in [0.2, 0.25) is 15.9 Å². The molecule has 1 saturated heterocycles. The molecular formula is C18H27FN2O4S. The van der Waals surface area contributed by atoms with Gasteiger partial charge in [-0.15, -0.1) is 0 Å². The van der Waals surface area contributed by atoms with Gasteiger partial charge in [0.25, 0.3) is 0 Å². The van der Waals surface area contributed by atoms with Crippen LogP contribution in [0.1, 0.15) is 31.7 Å². The molecule has 0 bridgehead atoms. The highest BCUT2D eigenvalue weighted by molar-refractivity contribution is 7.89. The molecule has 0 saturated carbocycles. The second-order valence-electron chi connectivity index (χ2n) is 6.45. The highest BCUT2D eigenvalue weighted by Gasteiger charge is 2.33. The topological polar surface area (TPSA) is 75.7 Å². The van der Waals surface area contributed by atoms with E-state index in [2.05, 4.69) is 5.32 Å². The van der Waals surface area contributed by atoms with Crippen LogP contribution in [0.3, 0.4) is 0 Å². The predicted molar refractivity (Wildman–Crippen MR) is 96.7 cm³/mol. The zero-order valence-electron chi connectivity index (χ0n) is 15.3. The highest BCUT2D eigenvalue weighted by Crippen LogP contribution is 2.26. The van der Waals surface area contributed by atoms with Crippen molar-refractivity contribution < 1.29 is 22.3 Å². The molecule has 0 aliphatic carbocycles. The summed E-state index contributed by atoms with van der Waals surface area (Å²) in [7, 11) is -3.88. The Balaban J connectivity index is 1.89. The van der Waals surface area contributed by atoms with Gasteiger partial charge in [-0.1, -0.05) is 6.07 Å². The van der Waals surface area contributed by atoms with Gasteiger partial charge in [-0.25, -0.2) is 12.8 Å². The van der Waals surface area contributed by atoms with Crippen LogP contribution in [0.4, 0.5) is 4.39 Å². The number of hydrogen-bond donors (Lipinski definition) is 1. The van der Waals surface area contributed by atoms with Crippen LogP contribution in [0, 0.1) is 18.7 Å². The molecule has 1 aliphatic rings. The van der Waals surface area contributed by atoms with E-state index in [1.54, 1.807) is 6.92 Å². The van der Waals surface area contributed by atoms with Gasteiger partial charge in [-0.3, -0.25) is 4.79 Å². The van der Waals surface area contributed by atoms with Gasteiger partial charge in [-0.05, 0) is 50.8 Å². The number of piperidine rings is 1. The van der Waals surface area contributed by atoms with Crippen LogP contribution >= 0.6 is 0 Å². The summed E-state index contributed by atoms with van der Waals surface area (Å²) < 4.78 is 45.8. The molecule has 1 aromatic carbocycles. The smallest absolute Gasteiger partial charge is 0.245 e. The molecule has 26 heavy (non-hydrogen) atoms. The number of nitrogens with one attached hydrogen (secondary N) is 1. The van der Waals surface area contributed by atoms with Gasteiger partial charge in [0, 0.05) is 38.8 Å². The summed E-state index contributed by atoms with van der Waals surface area (Å²) in [5, 5.41) is 2.87. The second-order valence-corrected chi connectivity index (χ2v) is 8.36. The molecule has 0 spiro atoms. The van der Waals surface area contributed by atoms with Crippen LogP contribution in [0.5, 0.6) is 0 Å². The van der Waals surface area contributed by atoms with Crippen LogP contribution in [0.15, 0.2) is 23.1 Å². The molecule has 1 amide bonds. The summed E-state index contributed by atoms with van der Waals surface area (Å²) in [6, 6.07) is 4.06. The molecular weight excluding hydrogens is 359 g/mol. The molecule has 1 N–H and O–H groups in total. The summed E-state index contributed by atoms with van der Waals surface area (Å²) in [6.07, 6.45) is 1.62. The minimum atomic E-state index is -3.88. The van der Waals surface area contributed by atoms with E-state index in [4.69, 9.17) is 4.74 Å². The fraction of sp³-hybridized carbons (Fsp3) is 0.611. The van der Waals surface area contributed by atoms with E-state index in [1.807, 2.05) is 6.92 Å². The lowest BCUT2D eigenvalue weighted by Gasteiger charge is -2.30. The van der Waals surface area contributed by atoms with Gasteiger partial charge in [0.05, 0.1) is 0 Å². The van der Waals surface area contributed by atoms with Crippen LogP contribution in [0.2, 0.25) is 0 Å². The molecule has 2 rings (SSSR count). The van der Waals surface area contributed by atoms with Crippen molar-refractivity contribution in [2.45, 2.75) is 38.0 Å². The number of benzene rings is 1. The van der Waals surface area contributed by atoms with Crippen molar-refractivity contribution in [3.63, 3.8) is 0 Å². The van der Waals surface area contributed by atoms with Crippen molar-refractivity contribution >= 4 is 15.9 Å². The first-order chi connectivity index (χ1) is 12.4. The third-order valence-corrected chi connectivity index (χ3v) is 6.41. The van der Waals surface area contributed by atoms with Crippen molar-refractivity contribution in [3.8, 4) is 0 Å². The number of ether oxygens (including phenoxy) is 1. The molecule has 146 valence electrons. The number of halogens is 1. The molecule has 1 aliphatic heterocycles. The maximum atomic E-state index is 14.0. The number of hydrogen-bond acceptors (Lipinski definition) is 4. The quantitative estimate of drug-likeness (QED) is 0.694. The number of sulfonamides is 1. The Bertz CT molecular complexity index is 716. The molecule has 1 heterocycles. The molecule has 0 radical (unpaired) electrons. The molecule has 0 atom stereocenters.